The van der Waals surface area contributed by atoms with Gasteiger partial charge in [0.1, 0.15) is 11.6 Å². The van der Waals surface area contributed by atoms with Gasteiger partial charge in [0, 0.05) is 31.9 Å². The predicted octanol–water partition coefficient (Wildman–Crippen LogP) is 2.32. The van der Waals surface area contributed by atoms with Crippen LogP contribution in [0.5, 0.6) is 5.75 Å². The maximum atomic E-state index is 13.0. The zero-order chi connectivity index (χ0) is 19.1. The number of hydrogen-bond acceptors (Lipinski definition) is 4. The molecule has 1 saturated heterocycles. The lowest BCUT2D eigenvalue weighted by atomic mass is 10.1. The van der Waals surface area contributed by atoms with E-state index in [1.807, 2.05) is 23.1 Å². The summed E-state index contributed by atoms with van der Waals surface area (Å²) in [5, 5.41) is 3.23. The van der Waals surface area contributed by atoms with E-state index in [1.165, 1.54) is 17.7 Å². The summed E-state index contributed by atoms with van der Waals surface area (Å²) in [4.78, 5) is 16.4. The lowest BCUT2D eigenvalue weighted by Crippen LogP contribution is -2.51. The van der Waals surface area contributed by atoms with Gasteiger partial charge in [0.25, 0.3) is 0 Å². The molecule has 3 rings (SSSR count). The number of amides is 1. The Hall–Kier alpha value is -2.60. The third kappa shape index (κ3) is 5.44. The van der Waals surface area contributed by atoms with Crippen LogP contribution in [0.4, 0.5) is 10.1 Å². The third-order valence-electron chi connectivity index (χ3n) is 4.82. The first-order valence-corrected chi connectivity index (χ1v) is 9.27. The highest BCUT2D eigenvalue weighted by Crippen LogP contribution is 2.17. The highest BCUT2D eigenvalue weighted by atomic mass is 19.1. The van der Waals surface area contributed by atoms with Gasteiger partial charge in [-0.25, -0.2) is 4.39 Å². The van der Waals surface area contributed by atoms with Crippen molar-refractivity contribution >= 4 is 11.6 Å². The summed E-state index contributed by atoms with van der Waals surface area (Å²) in [5.41, 5.74) is 2.18. The van der Waals surface area contributed by atoms with Crippen molar-refractivity contribution in [3.8, 4) is 5.75 Å². The number of hydrogen-bond donors (Lipinski definition) is 1. The number of ether oxygens (including phenoxy) is 1. The summed E-state index contributed by atoms with van der Waals surface area (Å²) in [6.45, 7) is 4.00. The molecule has 0 radical (unpaired) electrons. The summed E-state index contributed by atoms with van der Waals surface area (Å²) >= 11 is 0. The first kappa shape index (κ1) is 19.2. The van der Waals surface area contributed by atoms with Crippen LogP contribution >= 0.6 is 0 Å². The van der Waals surface area contributed by atoms with Gasteiger partial charge < -0.3 is 19.9 Å². The van der Waals surface area contributed by atoms with Crippen LogP contribution in [-0.4, -0.2) is 57.2 Å². The number of carbonyl (C=O) groups is 1. The Bertz CT molecular complexity index is 743. The molecule has 6 heteroatoms. The Morgan fingerprint density at radius 2 is 1.85 bits per heavy atom. The quantitative estimate of drug-likeness (QED) is 0.759. The zero-order valence-corrected chi connectivity index (χ0v) is 15.7. The van der Waals surface area contributed by atoms with Gasteiger partial charge in [0.05, 0.1) is 13.7 Å². The van der Waals surface area contributed by atoms with Crippen molar-refractivity contribution in [2.45, 2.75) is 6.42 Å². The Morgan fingerprint density at radius 1 is 1.11 bits per heavy atom. The molecule has 27 heavy (non-hydrogen) atoms. The molecular weight excluding hydrogens is 345 g/mol. The van der Waals surface area contributed by atoms with Crippen molar-refractivity contribution in [2.24, 2.45) is 0 Å². The lowest BCUT2D eigenvalue weighted by molar-refractivity contribution is -0.130. The molecule has 1 fully saturated rings. The molecule has 1 heterocycles. The Morgan fingerprint density at radius 3 is 2.56 bits per heavy atom. The minimum atomic E-state index is -0.229. The molecule has 1 aliphatic heterocycles. The maximum absolute atomic E-state index is 13.0. The van der Waals surface area contributed by atoms with E-state index in [4.69, 9.17) is 4.74 Å². The molecule has 0 unspecified atom stereocenters. The number of nitrogens with one attached hydrogen (secondary N) is 1. The molecule has 2 aromatic rings. The number of rotatable bonds is 7. The summed E-state index contributed by atoms with van der Waals surface area (Å²) in [7, 11) is 1.66. The number of halogens is 1. The second-order valence-electron chi connectivity index (χ2n) is 6.62. The summed E-state index contributed by atoms with van der Waals surface area (Å²) in [6.07, 6.45) is 0.850. The van der Waals surface area contributed by atoms with Gasteiger partial charge in [0.2, 0.25) is 5.91 Å². The molecule has 5 nitrogen and oxygen atoms in total. The highest BCUT2D eigenvalue weighted by Gasteiger charge is 2.20. The molecule has 144 valence electrons. The van der Waals surface area contributed by atoms with Crippen LogP contribution in [-0.2, 0) is 11.2 Å². The summed E-state index contributed by atoms with van der Waals surface area (Å²) in [5.74, 6) is 0.745. The van der Waals surface area contributed by atoms with Gasteiger partial charge in [-0.2, -0.15) is 0 Å². The standard InChI is InChI=1S/C21H26FN3O2/c1-27-20-4-2-3-17(15-20)9-10-23-16-21(26)25-13-11-24(12-14-25)19-7-5-18(22)6-8-19/h2-8,15,23H,9-14,16H2,1H3. The monoisotopic (exact) mass is 371 g/mol. The third-order valence-corrected chi connectivity index (χ3v) is 4.82. The van der Waals surface area contributed by atoms with Gasteiger partial charge in [-0.1, -0.05) is 12.1 Å². The molecular formula is C21H26FN3O2. The second kappa shape index (κ2) is 9.37. The lowest BCUT2D eigenvalue weighted by Gasteiger charge is -2.36. The van der Waals surface area contributed by atoms with E-state index >= 15 is 0 Å². The molecule has 0 aromatic heterocycles. The summed E-state index contributed by atoms with van der Waals surface area (Å²) in [6, 6.07) is 14.5. The van der Waals surface area contributed by atoms with Crippen LogP contribution in [0.15, 0.2) is 48.5 Å². The highest BCUT2D eigenvalue weighted by molar-refractivity contribution is 5.78. The fraction of sp³-hybridized carbons (Fsp3) is 0.381. The fourth-order valence-corrected chi connectivity index (χ4v) is 3.23. The van der Waals surface area contributed by atoms with E-state index in [2.05, 4.69) is 16.3 Å². The van der Waals surface area contributed by atoms with Crippen molar-refractivity contribution in [1.29, 1.82) is 0 Å². The van der Waals surface area contributed by atoms with Gasteiger partial charge in [0.15, 0.2) is 0 Å². The van der Waals surface area contributed by atoms with Gasteiger partial charge in [-0.3, -0.25) is 4.79 Å². The van der Waals surface area contributed by atoms with E-state index in [0.717, 1.165) is 37.5 Å². The van der Waals surface area contributed by atoms with Crippen molar-refractivity contribution in [3.05, 3.63) is 59.9 Å². The van der Waals surface area contributed by atoms with Crippen LogP contribution in [0.25, 0.3) is 0 Å². The number of piperazine rings is 1. The van der Waals surface area contributed by atoms with Crippen LogP contribution in [0.3, 0.4) is 0 Å². The average molecular weight is 371 g/mol. The Kier molecular flexibility index (Phi) is 6.65. The normalized spacial score (nSPS) is 14.3. The second-order valence-corrected chi connectivity index (χ2v) is 6.62. The minimum absolute atomic E-state index is 0.124. The molecule has 0 saturated carbocycles. The molecule has 2 aromatic carbocycles. The summed E-state index contributed by atoms with van der Waals surface area (Å²) < 4.78 is 18.3. The number of carbonyl (C=O) groups excluding carboxylic acids is 1. The topological polar surface area (TPSA) is 44.8 Å². The SMILES string of the molecule is COc1cccc(CCNCC(=O)N2CCN(c3ccc(F)cc3)CC2)c1. The number of nitrogens with zero attached hydrogens (tertiary/aromatic N) is 2. The maximum Gasteiger partial charge on any atom is 0.236 e. The molecule has 0 bridgehead atoms. The molecule has 0 aliphatic carbocycles. The first-order chi connectivity index (χ1) is 13.2. The molecule has 0 atom stereocenters. The van der Waals surface area contributed by atoms with Gasteiger partial charge in [-0.15, -0.1) is 0 Å². The molecule has 1 aliphatic rings. The predicted molar refractivity (Wildman–Crippen MR) is 105 cm³/mol. The van der Waals surface area contributed by atoms with Gasteiger partial charge >= 0.3 is 0 Å². The zero-order valence-electron chi connectivity index (χ0n) is 15.7. The first-order valence-electron chi connectivity index (χ1n) is 9.27. The van der Waals surface area contributed by atoms with E-state index in [9.17, 15) is 9.18 Å². The van der Waals surface area contributed by atoms with Crippen molar-refractivity contribution in [3.63, 3.8) is 0 Å². The smallest absolute Gasteiger partial charge is 0.236 e. The van der Waals surface area contributed by atoms with Crippen LogP contribution in [0.1, 0.15) is 5.56 Å². The van der Waals surface area contributed by atoms with Crippen LogP contribution < -0.4 is 15.0 Å². The number of benzene rings is 2. The van der Waals surface area contributed by atoms with Gasteiger partial charge in [-0.05, 0) is 54.9 Å². The average Bonchev–Trinajstić information content (AvgIpc) is 2.72. The van der Waals surface area contributed by atoms with Crippen LogP contribution in [0, 0.1) is 5.82 Å². The van der Waals surface area contributed by atoms with Crippen molar-refractivity contribution in [2.75, 3.05) is 51.3 Å². The minimum Gasteiger partial charge on any atom is -0.497 e. The Labute approximate surface area is 159 Å². The van der Waals surface area contributed by atoms with E-state index < -0.39 is 0 Å². The largest absolute Gasteiger partial charge is 0.497 e. The van der Waals surface area contributed by atoms with Crippen molar-refractivity contribution in [1.82, 2.24) is 10.2 Å². The van der Waals surface area contributed by atoms with E-state index in [-0.39, 0.29) is 11.7 Å². The van der Waals surface area contributed by atoms with E-state index in [0.29, 0.717) is 19.6 Å². The molecule has 1 amide bonds. The number of anilines is 1. The fourth-order valence-electron chi connectivity index (χ4n) is 3.23. The molecule has 1 N–H and O–H groups in total. The number of methoxy groups -OCH3 is 1. The molecule has 0 spiro atoms. The van der Waals surface area contributed by atoms with E-state index in [1.54, 1.807) is 19.2 Å². The van der Waals surface area contributed by atoms with Crippen molar-refractivity contribution < 1.29 is 13.9 Å². The van der Waals surface area contributed by atoms with Crippen LogP contribution in [0.2, 0.25) is 0 Å². The Balaban J connectivity index is 1.37.